The first-order valence-corrected chi connectivity index (χ1v) is 13.7. The highest BCUT2D eigenvalue weighted by atomic mass is 16.5. The van der Waals surface area contributed by atoms with E-state index in [4.69, 9.17) is 4.74 Å². The Morgan fingerprint density at radius 1 is 0.872 bits per heavy atom. The highest BCUT2D eigenvalue weighted by Gasteiger charge is 2.38. The van der Waals surface area contributed by atoms with Gasteiger partial charge in [-0.2, -0.15) is 0 Å². The van der Waals surface area contributed by atoms with Crippen LogP contribution in [-0.4, -0.2) is 76.5 Å². The zero-order valence-corrected chi connectivity index (χ0v) is 23.1. The fraction of sp³-hybridized carbons (Fsp3) is 0.419. The average molecular weight is 528 g/mol. The van der Waals surface area contributed by atoms with E-state index in [-0.39, 0.29) is 17.4 Å². The van der Waals surface area contributed by atoms with E-state index in [0.717, 1.165) is 18.5 Å². The molecule has 0 aliphatic carbocycles. The highest BCUT2D eigenvalue weighted by molar-refractivity contribution is 5.96. The topological polar surface area (TPSA) is 78.9 Å². The Labute approximate surface area is 230 Å². The van der Waals surface area contributed by atoms with Crippen molar-refractivity contribution in [3.63, 3.8) is 0 Å². The highest BCUT2D eigenvalue weighted by Crippen LogP contribution is 2.35. The van der Waals surface area contributed by atoms with Gasteiger partial charge in [0, 0.05) is 49.5 Å². The molecular formula is C31H37N5O3. The summed E-state index contributed by atoms with van der Waals surface area (Å²) in [6.45, 7) is 10.4. The molecule has 2 fully saturated rings. The Balaban J connectivity index is 1.40. The number of nitrogens with zero attached hydrogens (tertiary/aromatic N) is 5. The molecule has 204 valence electrons. The maximum atomic E-state index is 13.4. The first-order valence-electron chi connectivity index (χ1n) is 13.7. The second kappa shape index (κ2) is 11.5. The number of aryl methyl sites for hydroxylation is 2. The lowest BCUT2D eigenvalue weighted by atomic mass is 9.86. The van der Waals surface area contributed by atoms with Crippen LogP contribution in [0.5, 0.6) is 0 Å². The van der Waals surface area contributed by atoms with E-state index in [0.29, 0.717) is 68.5 Å². The van der Waals surface area contributed by atoms with Crippen LogP contribution in [0.25, 0.3) is 0 Å². The number of hydrogen-bond donors (Lipinski definition) is 0. The standard InChI is InChI=1S/C31H37N5O3/c1-23-28(24(2)33-22-32-23)30(38)34-14-12-31(3,13-15-34)36(21-25-8-5-4-6-9-25)27-11-7-10-26(20-27)29(37)35-16-18-39-19-17-35/h4-11,20,22H,12-19,21H2,1-3H3. The summed E-state index contributed by atoms with van der Waals surface area (Å²) in [6.07, 6.45) is 3.12. The summed E-state index contributed by atoms with van der Waals surface area (Å²) in [5, 5.41) is 0. The summed E-state index contributed by atoms with van der Waals surface area (Å²) in [4.78, 5) is 41.4. The average Bonchev–Trinajstić information content (AvgIpc) is 2.97. The molecule has 2 saturated heterocycles. The Kier molecular flexibility index (Phi) is 7.93. The molecule has 0 bridgehead atoms. The van der Waals surface area contributed by atoms with E-state index in [2.05, 4.69) is 52.1 Å². The van der Waals surface area contributed by atoms with Crippen molar-refractivity contribution in [3.05, 3.63) is 89.0 Å². The smallest absolute Gasteiger partial charge is 0.257 e. The molecule has 3 heterocycles. The van der Waals surface area contributed by atoms with Gasteiger partial charge in [0.2, 0.25) is 0 Å². The first kappa shape index (κ1) is 26.8. The van der Waals surface area contributed by atoms with E-state index in [9.17, 15) is 9.59 Å². The third-order valence-corrected chi connectivity index (χ3v) is 8.11. The predicted molar refractivity (Wildman–Crippen MR) is 151 cm³/mol. The molecule has 8 heteroatoms. The first-order chi connectivity index (χ1) is 18.9. The molecule has 2 amide bonds. The molecule has 5 rings (SSSR count). The van der Waals surface area contributed by atoms with Gasteiger partial charge in [0.05, 0.1) is 30.2 Å². The summed E-state index contributed by atoms with van der Waals surface area (Å²) >= 11 is 0. The summed E-state index contributed by atoms with van der Waals surface area (Å²) in [5.74, 6) is 0.0431. The molecule has 0 spiro atoms. The Morgan fingerprint density at radius 3 is 2.18 bits per heavy atom. The van der Waals surface area contributed by atoms with E-state index >= 15 is 0 Å². The van der Waals surface area contributed by atoms with Crippen LogP contribution in [0, 0.1) is 13.8 Å². The SMILES string of the molecule is Cc1ncnc(C)c1C(=O)N1CCC(C)(N(Cc2ccccc2)c2cccc(C(=O)N3CCOCC3)c2)CC1. The number of carbonyl (C=O) groups excluding carboxylic acids is 2. The Bertz CT molecular complexity index is 1290. The largest absolute Gasteiger partial charge is 0.378 e. The van der Waals surface area contributed by atoms with Crippen molar-refractivity contribution < 1.29 is 14.3 Å². The van der Waals surface area contributed by atoms with Gasteiger partial charge in [0.25, 0.3) is 11.8 Å². The number of carbonyl (C=O) groups is 2. The van der Waals surface area contributed by atoms with Crippen LogP contribution < -0.4 is 4.90 Å². The molecule has 1 aromatic heterocycles. The van der Waals surface area contributed by atoms with Crippen molar-refractivity contribution >= 4 is 17.5 Å². The van der Waals surface area contributed by atoms with Crippen LogP contribution in [0.1, 0.15) is 57.4 Å². The van der Waals surface area contributed by atoms with Crippen LogP contribution in [0.4, 0.5) is 5.69 Å². The van der Waals surface area contributed by atoms with Gasteiger partial charge in [-0.1, -0.05) is 36.4 Å². The summed E-state index contributed by atoms with van der Waals surface area (Å²) in [5.41, 5.74) is 4.75. The van der Waals surface area contributed by atoms with Crippen LogP contribution in [0.3, 0.4) is 0 Å². The molecule has 2 aliphatic rings. The second-order valence-electron chi connectivity index (χ2n) is 10.7. The molecule has 0 N–H and O–H groups in total. The van der Waals surface area contributed by atoms with Crippen molar-refractivity contribution in [2.75, 3.05) is 44.3 Å². The van der Waals surface area contributed by atoms with Crippen LogP contribution in [0.15, 0.2) is 60.9 Å². The van der Waals surface area contributed by atoms with Crippen molar-refractivity contribution in [2.45, 2.75) is 45.7 Å². The lowest BCUT2D eigenvalue weighted by molar-refractivity contribution is 0.0303. The number of hydrogen-bond acceptors (Lipinski definition) is 6. The zero-order chi connectivity index (χ0) is 27.4. The molecule has 2 aliphatic heterocycles. The molecular weight excluding hydrogens is 490 g/mol. The molecule has 0 radical (unpaired) electrons. The Hall–Kier alpha value is -3.78. The van der Waals surface area contributed by atoms with E-state index in [1.54, 1.807) is 0 Å². The number of morpholine rings is 1. The second-order valence-corrected chi connectivity index (χ2v) is 10.7. The maximum absolute atomic E-state index is 13.4. The van der Waals surface area contributed by atoms with E-state index in [1.165, 1.54) is 11.9 Å². The fourth-order valence-electron chi connectivity index (χ4n) is 5.64. The summed E-state index contributed by atoms with van der Waals surface area (Å²) in [6, 6.07) is 18.4. The third kappa shape index (κ3) is 5.81. The van der Waals surface area contributed by atoms with Crippen LogP contribution in [0.2, 0.25) is 0 Å². The van der Waals surface area contributed by atoms with Gasteiger partial charge in [-0.3, -0.25) is 9.59 Å². The van der Waals surface area contributed by atoms with Crippen molar-refractivity contribution in [3.8, 4) is 0 Å². The maximum Gasteiger partial charge on any atom is 0.257 e. The van der Waals surface area contributed by atoms with Gasteiger partial charge < -0.3 is 19.4 Å². The quantitative estimate of drug-likeness (QED) is 0.477. The number of ether oxygens (including phenoxy) is 1. The van der Waals surface area contributed by atoms with E-state index < -0.39 is 0 Å². The molecule has 39 heavy (non-hydrogen) atoms. The normalized spacial score (nSPS) is 17.1. The van der Waals surface area contributed by atoms with Gasteiger partial charge >= 0.3 is 0 Å². The van der Waals surface area contributed by atoms with Gasteiger partial charge in [-0.15, -0.1) is 0 Å². The fourth-order valence-corrected chi connectivity index (χ4v) is 5.64. The van der Waals surface area contributed by atoms with Gasteiger partial charge in [0.1, 0.15) is 6.33 Å². The minimum absolute atomic E-state index is 0.000338. The summed E-state index contributed by atoms with van der Waals surface area (Å²) < 4.78 is 5.44. The lowest BCUT2D eigenvalue weighted by Crippen LogP contribution is -2.54. The van der Waals surface area contributed by atoms with Gasteiger partial charge in [0.15, 0.2) is 0 Å². The molecule has 3 aromatic rings. The van der Waals surface area contributed by atoms with Gasteiger partial charge in [-0.05, 0) is 57.4 Å². The Morgan fingerprint density at radius 2 is 1.51 bits per heavy atom. The number of anilines is 1. The predicted octanol–water partition coefficient (Wildman–Crippen LogP) is 4.27. The zero-order valence-electron chi connectivity index (χ0n) is 23.1. The minimum atomic E-state index is -0.204. The number of aromatic nitrogens is 2. The van der Waals surface area contributed by atoms with Crippen LogP contribution >= 0.6 is 0 Å². The molecule has 2 aromatic carbocycles. The third-order valence-electron chi connectivity index (χ3n) is 8.11. The molecule has 8 nitrogen and oxygen atoms in total. The number of rotatable bonds is 6. The monoisotopic (exact) mass is 527 g/mol. The molecule has 0 saturated carbocycles. The number of benzene rings is 2. The van der Waals surface area contributed by atoms with Crippen molar-refractivity contribution in [1.82, 2.24) is 19.8 Å². The van der Waals surface area contributed by atoms with Crippen molar-refractivity contribution in [1.29, 1.82) is 0 Å². The number of piperidine rings is 1. The van der Waals surface area contributed by atoms with Crippen molar-refractivity contribution in [2.24, 2.45) is 0 Å². The summed E-state index contributed by atoms with van der Waals surface area (Å²) in [7, 11) is 0. The molecule has 0 atom stereocenters. The minimum Gasteiger partial charge on any atom is -0.378 e. The number of likely N-dealkylation sites (tertiary alicyclic amines) is 1. The lowest BCUT2D eigenvalue weighted by Gasteiger charge is -2.48. The number of amides is 2. The van der Waals surface area contributed by atoms with Crippen LogP contribution in [-0.2, 0) is 11.3 Å². The van der Waals surface area contributed by atoms with Gasteiger partial charge in [-0.25, -0.2) is 9.97 Å². The van der Waals surface area contributed by atoms with E-state index in [1.807, 2.05) is 47.9 Å². The molecule has 0 unspecified atom stereocenters.